The number of benzene rings is 2. The first kappa shape index (κ1) is 27.1. The highest BCUT2D eigenvalue weighted by Crippen LogP contribution is 2.27. The molecule has 0 aromatic heterocycles. The fourth-order valence-electron chi connectivity index (χ4n) is 3.44. The van der Waals surface area contributed by atoms with Crippen LogP contribution in [0, 0.1) is 13.8 Å². The molecule has 2 unspecified atom stereocenters. The molecule has 1 amide bonds. The number of hydrogen-bond acceptors (Lipinski definition) is 8. The normalized spacial score (nSPS) is 19.4. The number of carbonyl (C=O) groups is 1. The van der Waals surface area contributed by atoms with Crippen LogP contribution in [0.4, 0.5) is 4.79 Å². The average molecular weight is 526 g/mol. The van der Waals surface area contributed by atoms with Crippen molar-refractivity contribution in [3.05, 3.63) is 59.7 Å². The number of likely N-dealkylation sites (tertiary alicyclic amines) is 1. The van der Waals surface area contributed by atoms with Crippen molar-refractivity contribution in [1.29, 1.82) is 0 Å². The third-order valence-corrected chi connectivity index (χ3v) is 7.97. The largest absolute Gasteiger partial charge is 0.444 e. The molecule has 9 nitrogen and oxygen atoms in total. The fraction of sp³-hybridized carbons (Fsp3) is 0.458. The Hall–Kier alpha value is -2.47. The molecule has 1 heterocycles. The van der Waals surface area contributed by atoms with E-state index >= 15 is 0 Å². The van der Waals surface area contributed by atoms with E-state index in [1.54, 1.807) is 45.0 Å². The van der Waals surface area contributed by atoms with Gasteiger partial charge in [-0.05, 0) is 65.3 Å². The van der Waals surface area contributed by atoms with E-state index in [4.69, 9.17) is 13.1 Å². The van der Waals surface area contributed by atoms with Gasteiger partial charge in [0.2, 0.25) is 0 Å². The van der Waals surface area contributed by atoms with Crippen molar-refractivity contribution in [2.45, 2.75) is 68.6 Å². The summed E-state index contributed by atoms with van der Waals surface area (Å²) >= 11 is 0. The lowest BCUT2D eigenvalue weighted by atomic mass is 10.1. The summed E-state index contributed by atoms with van der Waals surface area (Å²) in [7, 11) is -8.48. The van der Waals surface area contributed by atoms with Crippen molar-refractivity contribution in [2.24, 2.45) is 0 Å². The summed E-state index contributed by atoms with van der Waals surface area (Å²) in [6.45, 7) is 8.65. The predicted molar refractivity (Wildman–Crippen MR) is 129 cm³/mol. The number of aryl methyl sites for hydroxylation is 2. The Morgan fingerprint density at radius 1 is 0.800 bits per heavy atom. The number of rotatable bonds is 6. The summed E-state index contributed by atoms with van der Waals surface area (Å²) in [6.07, 6.45) is -3.04. The van der Waals surface area contributed by atoms with Crippen LogP contribution in [0.2, 0.25) is 0 Å². The second-order valence-corrected chi connectivity index (χ2v) is 12.7. The SMILES string of the molecule is Cc1ccc(S(=O)(=O)OC2CCN(C(=O)OC(C)(C)C)CC2OS(=O)(=O)c2ccc(C)cc2)cc1. The summed E-state index contributed by atoms with van der Waals surface area (Å²) < 4.78 is 68.1. The molecule has 0 bridgehead atoms. The number of nitrogens with zero attached hydrogens (tertiary/aromatic N) is 1. The van der Waals surface area contributed by atoms with E-state index in [0.29, 0.717) is 0 Å². The molecule has 35 heavy (non-hydrogen) atoms. The Bertz CT molecular complexity index is 1250. The lowest BCUT2D eigenvalue weighted by Crippen LogP contribution is -2.53. The maximum atomic E-state index is 13.0. The zero-order valence-electron chi connectivity index (χ0n) is 20.4. The quantitative estimate of drug-likeness (QED) is 0.523. The van der Waals surface area contributed by atoms with Crippen molar-refractivity contribution >= 4 is 26.3 Å². The third-order valence-electron chi connectivity index (χ3n) is 5.27. The van der Waals surface area contributed by atoms with Gasteiger partial charge in [0.15, 0.2) is 0 Å². The van der Waals surface area contributed by atoms with Gasteiger partial charge in [-0.3, -0.25) is 8.37 Å². The number of carbonyl (C=O) groups excluding carboxylic acids is 1. The smallest absolute Gasteiger partial charge is 0.410 e. The van der Waals surface area contributed by atoms with E-state index in [2.05, 4.69) is 0 Å². The van der Waals surface area contributed by atoms with Gasteiger partial charge in [0, 0.05) is 6.54 Å². The van der Waals surface area contributed by atoms with Crippen molar-refractivity contribution in [3.63, 3.8) is 0 Å². The van der Waals surface area contributed by atoms with Crippen molar-refractivity contribution in [3.8, 4) is 0 Å². The third kappa shape index (κ3) is 7.26. The topological polar surface area (TPSA) is 116 Å². The minimum Gasteiger partial charge on any atom is -0.444 e. The Morgan fingerprint density at radius 3 is 1.66 bits per heavy atom. The number of amides is 1. The zero-order chi connectivity index (χ0) is 26.0. The summed E-state index contributed by atoms with van der Waals surface area (Å²) in [4.78, 5) is 13.8. The van der Waals surface area contributed by atoms with Crippen LogP contribution in [0.1, 0.15) is 38.3 Å². The van der Waals surface area contributed by atoms with Crippen LogP contribution in [-0.2, 0) is 33.3 Å². The van der Waals surface area contributed by atoms with E-state index < -0.39 is 44.1 Å². The van der Waals surface area contributed by atoms with Crippen molar-refractivity contribution in [1.82, 2.24) is 4.90 Å². The second-order valence-electron chi connectivity index (χ2n) is 9.52. The molecule has 2 atom stereocenters. The highest BCUT2D eigenvalue weighted by Gasteiger charge is 2.40. The van der Waals surface area contributed by atoms with Gasteiger partial charge in [0.05, 0.1) is 16.3 Å². The van der Waals surface area contributed by atoms with Crippen LogP contribution in [0.5, 0.6) is 0 Å². The molecule has 0 saturated carbocycles. The van der Waals surface area contributed by atoms with Gasteiger partial charge in [-0.25, -0.2) is 4.79 Å². The Morgan fingerprint density at radius 2 is 1.23 bits per heavy atom. The van der Waals surface area contributed by atoms with E-state index in [9.17, 15) is 21.6 Å². The van der Waals surface area contributed by atoms with Crippen LogP contribution >= 0.6 is 0 Å². The number of ether oxygens (including phenoxy) is 1. The molecule has 2 aromatic carbocycles. The molecule has 1 saturated heterocycles. The molecule has 2 aromatic rings. The molecular formula is C24H31NO8S2. The van der Waals surface area contributed by atoms with E-state index in [1.807, 2.05) is 13.8 Å². The van der Waals surface area contributed by atoms with Crippen LogP contribution in [0.25, 0.3) is 0 Å². The molecule has 0 spiro atoms. The molecule has 1 aliphatic heterocycles. The maximum absolute atomic E-state index is 13.0. The van der Waals surface area contributed by atoms with E-state index in [0.717, 1.165) is 11.1 Å². The van der Waals surface area contributed by atoms with Crippen LogP contribution < -0.4 is 0 Å². The van der Waals surface area contributed by atoms with E-state index in [1.165, 1.54) is 29.2 Å². The van der Waals surface area contributed by atoms with Crippen LogP contribution in [0.3, 0.4) is 0 Å². The highest BCUT2D eigenvalue weighted by molar-refractivity contribution is 7.87. The van der Waals surface area contributed by atoms with Crippen molar-refractivity contribution in [2.75, 3.05) is 13.1 Å². The molecule has 0 N–H and O–H groups in total. The molecule has 192 valence electrons. The Balaban J connectivity index is 1.87. The molecule has 11 heteroatoms. The lowest BCUT2D eigenvalue weighted by molar-refractivity contribution is -0.0241. The second kappa shape index (κ2) is 10.3. The van der Waals surface area contributed by atoms with Gasteiger partial charge >= 0.3 is 6.09 Å². The number of piperidine rings is 1. The minimum absolute atomic E-state index is 0.0262. The van der Waals surface area contributed by atoms with E-state index in [-0.39, 0.29) is 29.3 Å². The fourth-order valence-corrected chi connectivity index (χ4v) is 5.65. The van der Waals surface area contributed by atoms with Gasteiger partial charge in [-0.1, -0.05) is 35.4 Å². The first-order chi connectivity index (χ1) is 16.2. The summed E-state index contributed by atoms with van der Waals surface area (Å²) in [6, 6.07) is 12.2. The lowest BCUT2D eigenvalue weighted by Gasteiger charge is -2.37. The van der Waals surface area contributed by atoms with Gasteiger partial charge in [0.25, 0.3) is 20.2 Å². The minimum atomic E-state index is -4.27. The first-order valence-electron chi connectivity index (χ1n) is 11.1. The average Bonchev–Trinajstić information content (AvgIpc) is 2.74. The molecular weight excluding hydrogens is 494 g/mol. The highest BCUT2D eigenvalue weighted by atomic mass is 32.2. The Kier molecular flexibility index (Phi) is 7.95. The van der Waals surface area contributed by atoms with Crippen molar-refractivity contribution < 1.29 is 34.7 Å². The van der Waals surface area contributed by atoms with Gasteiger partial charge in [-0.15, -0.1) is 0 Å². The van der Waals surface area contributed by atoms with Gasteiger partial charge in [-0.2, -0.15) is 16.8 Å². The molecule has 0 radical (unpaired) electrons. The van der Waals surface area contributed by atoms with Crippen LogP contribution in [0.15, 0.2) is 58.3 Å². The molecule has 0 aliphatic carbocycles. The molecule has 1 fully saturated rings. The number of hydrogen-bond donors (Lipinski definition) is 0. The predicted octanol–water partition coefficient (Wildman–Crippen LogP) is 3.79. The molecule has 3 rings (SSSR count). The van der Waals surface area contributed by atoms with Gasteiger partial charge in [0.1, 0.15) is 17.8 Å². The first-order valence-corrected chi connectivity index (χ1v) is 14.0. The Labute approximate surface area is 207 Å². The van der Waals surface area contributed by atoms with Gasteiger partial charge < -0.3 is 9.64 Å². The van der Waals surface area contributed by atoms with Crippen LogP contribution in [-0.4, -0.2) is 58.7 Å². The summed E-state index contributed by atoms with van der Waals surface area (Å²) in [5.74, 6) is 0. The summed E-state index contributed by atoms with van der Waals surface area (Å²) in [5.41, 5.74) is 0.979. The zero-order valence-corrected chi connectivity index (χ0v) is 22.1. The molecule has 1 aliphatic rings. The standard InChI is InChI=1S/C24H31NO8S2/c1-17-6-10-19(11-7-17)34(27,28)32-21-14-15-25(23(26)31-24(3,4)5)16-22(21)33-35(29,30)20-12-8-18(2)9-13-20/h6-13,21-22H,14-16H2,1-5H3. The maximum Gasteiger partial charge on any atom is 0.410 e. The summed E-state index contributed by atoms with van der Waals surface area (Å²) in [5, 5.41) is 0. The monoisotopic (exact) mass is 525 g/mol.